The van der Waals surface area contributed by atoms with E-state index in [0.29, 0.717) is 5.56 Å². The number of nitriles is 1. The zero-order valence-electron chi connectivity index (χ0n) is 4.20. The van der Waals surface area contributed by atoms with E-state index in [1.54, 1.807) is 24.5 Å². The van der Waals surface area contributed by atoms with Crippen LogP contribution in [0.25, 0.3) is 0 Å². The van der Waals surface area contributed by atoms with E-state index in [2.05, 4.69) is 4.98 Å². The Morgan fingerprint density at radius 2 is 2.00 bits per heavy atom. The lowest BCUT2D eigenvalue weighted by Gasteiger charge is -1.79. The molecule has 0 unspecified atom stereocenters. The summed E-state index contributed by atoms with van der Waals surface area (Å²) in [5.74, 6) is 0. The highest BCUT2D eigenvalue weighted by atomic mass is 14.6. The van der Waals surface area contributed by atoms with Gasteiger partial charge in [-0.1, -0.05) is 0 Å². The Labute approximate surface area is 47.4 Å². The van der Waals surface area contributed by atoms with Crippen molar-refractivity contribution in [3.63, 3.8) is 0 Å². The highest BCUT2D eigenvalue weighted by Crippen LogP contribution is 1.89. The third-order valence-electron chi connectivity index (χ3n) is 0.809. The van der Waals surface area contributed by atoms with Gasteiger partial charge in [0.05, 0.1) is 11.6 Å². The minimum atomic E-state index is 0.653. The fraction of sp³-hybridized carbons (Fsp3) is 0. The van der Waals surface area contributed by atoms with Crippen LogP contribution >= 0.6 is 0 Å². The maximum absolute atomic E-state index is 8.26. The molecule has 0 aromatic carbocycles. The number of hydrogen-bond donors (Lipinski definition) is 0. The summed E-state index contributed by atoms with van der Waals surface area (Å²) in [4.78, 5) is 3.74. The highest BCUT2D eigenvalue weighted by Gasteiger charge is 1.80. The molecule has 0 bridgehead atoms. The van der Waals surface area contributed by atoms with Crippen LogP contribution in [0.1, 0.15) is 5.56 Å². The lowest BCUT2D eigenvalue weighted by molar-refractivity contribution is 1.31. The minimum absolute atomic E-state index is 0.653. The third kappa shape index (κ3) is 0.824. The predicted molar refractivity (Wildman–Crippen MR) is 29.0 cm³/mol. The Balaban J connectivity index is 3.05. The smallest absolute Gasteiger partial charge is 0.0992 e. The molecule has 1 heterocycles. The third-order valence-corrected chi connectivity index (χ3v) is 0.809. The van der Waals surface area contributed by atoms with Crippen molar-refractivity contribution in [3.8, 4) is 6.07 Å². The van der Waals surface area contributed by atoms with Gasteiger partial charge in [-0.25, -0.2) is 0 Å². The zero-order chi connectivity index (χ0) is 5.82. The van der Waals surface area contributed by atoms with Gasteiger partial charge in [0.25, 0.3) is 0 Å². The van der Waals surface area contributed by atoms with Gasteiger partial charge in [-0.15, -0.1) is 0 Å². The fourth-order valence-corrected chi connectivity index (χ4v) is 0.426. The molecule has 1 aromatic heterocycles. The normalized spacial score (nSPS) is 7.88. The lowest BCUT2D eigenvalue weighted by Crippen LogP contribution is -1.71. The van der Waals surface area contributed by atoms with Crippen molar-refractivity contribution in [2.45, 2.75) is 0 Å². The van der Waals surface area contributed by atoms with Crippen LogP contribution in [-0.2, 0) is 0 Å². The van der Waals surface area contributed by atoms with Gasteiger partial charge < -0.3 is 0 Å². The summed E-state index contributed by atoms with van der Waals surface area (Å²) < 4.78 is 0. The zero-order valence-corrected chi connectivity index (χ0v) is 4.20. The van der Waals surface area contributed by atoms with Gasteiger partial charge in [-0.2, -0.15) is 5.26 Å². The van der Waals surface area contributed by atoms with Crippen LogP contribution in [0, 0.1) is 11.3 Å². The van der Waals surface area contributed by atoms with Crippen LogP contribution in [0.5, 0.6) is 0 Å². The second kappa shape index (κ2) is 2.08. The molecule has 0 radical (unpaired) electrons. The van der Waals surface area contributed by atoms with Gasteiger partial charge in [0, 0.05) is 12.4 Å². The average Bonchev–Trinajstić information content (AvgIpc) is 1.90. The molecule has 0 N–H and O–H groups in total. The largest absolute Gasteiger partial charge is 0.265 e. The molecule has 38 valence electrons. The second-order valence-corrected chi connectivity index (χ2v) is 1.35. The van der Waals surface area contributed by atoms with Crippen molar-refractivity contribution in [3.05, 3.63) is 30.1 Å². The lowest BCUT2D eigenvalue weighted by atomic mass is 10.3. The molecule has 0 spiro atoms. The van der Waals surface area contributed by atoms with Crippen molar-refractivity contribution in [2.24, 2.45) is 0 Å². The molecule has 0 saturated carbocycles. The monoisotopic (exact) mass is 104 g/mol. The van der Waals surface area contributed by atoms with Gasteiger partial charge >= 0.3 is 0 Å². The van der Waals surface area contributed by atoms with E-state index in [1.807, 2.05) is 6.07 Å². The summed E-state index contributed by atoms with van der Waals surface area (Å²) in [5, 5.41) is 8.26. The van der Waals surface area contributed by atoms with Crippen LogP contribution in [0.15, 0.2) is 24.5 Å². The second-order valence-electron chi connectivity index (χ2n) is 1.35. The molecule has 0 aliphatic rings. The van der Waals surface area contributed by atoms with E-state index in [0.717, 1.165) is 0 Å². The Hall–Kier alpha value is -1.36. The summed E-state index contributed by atoms with van der Waals surface area (Å²) >= 11 is 0. The van der Waals surface area contributed by atoms with Gasteiger partial charge in [0.15, 0.2) is 0 Å². The topological polar surface area (TPSA) is 36.7 Å². The molecule has 0 aliphatic heterocycles. The van der Waals surface area contributed by atoms with Gasteiger partial charge in [-0.3, -0.25) is 4.98 Å². The van der Waals surface area contributed by atoms with Crippen molar-refractivity contribution in [2.75, 3.05) is 0 Å². The van der Waals surface area contributed by atoms with Crippen molar-refractivity contribution in [1.82, 2.24) is 4.98 Å². The number of pyridine rings is 1. The van der Waals surface area contributed by atoms with Crippen molar-refractivity contribution < 1.29 is 0 Å². The summed E-state index contributed by atoms with van der Waals surface area (Å²) in [6.07, 6.45) is 3.19. The summed E-state index contributed by atoms with van der Waals surface area (Å²) in [6, 6.07) is 5.32. The van der Waals surface area contributed by atoms with Crippen LogP contribution in [0.4, 0.5) is 0 Å². The maximum atomic E-state index is 8.26. The van der Waals surface area contributed by atoms with Gasteiger partial charge in [0.1, 0.15) is 0 Å². The highest BCUT2D eigenvalue weighted by molar-refractivity contribution is 5.24. The molecule has 0 saturated heterocycles. The van der Waals surface area contributed by atoms with E-state index in [-0.39, 0.29) is 0 Å². The van der Waals surface area contributed by atoms with Crippen LogP contribution in [0.3, 0.4) is 0 Å². The predicted octanol–water partition coefficient (Wildman–Crippen LogP) is 0.953. The van der Waals surface area contributed by atoms with E-state index >= 15 is 0 Å². The van der Waals surface area contributed by atoms with Crippen molar-refractivity contribution in [1.29, 1.82) is 5.26 Å². The van der Waals surface area contributed by atoms with Gasteiger partial charge in [-0.05, 0) is 12.1 Å². The number of nitrogens with zero attached hydrogens (tertiary/aromatic N) is 2. The van der Waals surface area contributed by atoms with Gasteiger partial charge in [0.2, 0.25) is 0 Å². The molecule has 0 amide bonds. The Bertz CT molecular complexity index is 198. The standard InChI is InChI=1S/C6H4N2/c7-5-6-1-3-8-4-2-6/h1-4H/i7+0. The maximum Gasteiger partial charge on any atom is 0.0992 e. The summed E-state index contributed by atoms with van der Waals surface area (Å²) in [7, 11) is 0. The molecule has 8 heavy (non-hydrogen) atoms. The van der Waals surface area contributed by atoms with Crippen LogP contribution in [0.2, 0.25) is 0 Å². The Morgan fingerprint density at radius 1 is 1.38 bits per heavy atom. The van der Waals surface area contributed by atoms with Crippen LogP contribution in [-0.4, -0.2) is 4.98 Å². The van der Waals surface area contributed by atoms with E-state index in [4.69, 9.17) is 5.26 Å². The van der Waals surface area contributed by atoms with E-state index in [9.17, 15) is 0 Å². The Morgan fingerprint density at radius 3 is 2.38 bits per heavy atom. The summed E-state index contributed by atoms with van der Waals surface area (Å²) in [5.41, 5.74) is 0.653. The molecule has 0 fully saturated rings. The molecule has 1 rings (SSSR count). The first-order valence-corrected chi connectivity index (χ1v) is 2.23. The minimum Gasteiger partial charge on any atom is -0.265 e. The number of aromatic nitrogens is 1. The molecular formula is C6H4N2. The number of rotatable bonds is 0. The first kappa shape index (κ1) is 4.79. The first-order valence-electron chi connectivity index (χ1n) is 2.23. The molecule has 2 nitrogen and oxygen atoms in total. The van der Waals surface area contributed by atoms with E-state index in [1.165, 1.54) is 0 Å². The first-order chi connectivity index (χ1) is 3.93. The number of hydrogen-bond acceptors (Lipinski definition) is 2. The average molecular weight is 104 g/mol. The SMILES string of the molecule is [14N]#Cc1ccncc1. The Kier molecular flexibility index (Phi) is 1.25. The molecule has 1 aromatic rings. The molecule has 0 atom stereocenters. The van der Waals surface area contributed by atoms with Crippen LogP contribution < -0.4 is 0 Å². The summed E-state index contributed by atoms with van der Waals surface area (Å²) in [6.45, 7) is 0. The van der Waals surface area contributed by atoms with Crippen molar-refractivity contribution >= 4 is 0 Å². The molecule has 0 aliphatic carbocycles. The molecule has 2 heteroatoms. The van der Waals surface area contributed by atoms with E-state index < -0.39 is 0 Å². The fourth-order valence-electron chi connectivity index (χ4n) is 0.426. The quantitative estimate of drug-likeness (QED) is 0.491. The molecular weight excluding hydrogens is 100 g/mol.